The van der Waals surface area contributed by atoms with Gasteiger partial charge in [-0.05, 0) is 17.5 Å². The highest BCUT2D eigenvalue weighted by Gasteiger charge is 2.76. The Balaban J connectivity index is 1.39. The molecule has 6 rings (SSSR count). The SMILES string of the molecule is C=CCN(CCN1CCOCC1)C(=O)C1N([C@H](CO)c2ccccc2)C(=O)[C@@H]2[C@@H](C(=O)N(CC=C)Cc3ccccc3)[C@@H]3SC12CC3Br. The van der Waals surface area contributed by atoms with Gasteiger partial charge in [0.1, 0.15) is 6.04 Å². The molecule has 0 saturated carbocycles. The van der Waals surface area contributed by atoms with E-state index < -0.39 is 28.7 Å². The van der Waals surface area contributed by atoms with Gasteiger partial charge in [-0.1, -0.05) is 88.7 Å². The number of carbonyl (C=O) groups excluding carboxylic acids is 3. The van der Waals surface area contributed by atoms with Gasteiger partial charge >= 0.3 is 0 Å². The number of hydrogen-bond donors (Lipinski definition) is 1. The molecule has 256 valence electrons. The quantitative estimate of drug-likeness (QED) is 0.234. The summed E-state index contributed by atoms with van der Waals surface area (Å²) in [6.07, 6.45) is 4.01. The number of aliphatic hydroxyl groups is 1. The van der Waals surface area contributed by atoms with Crippen LogP contribution < -0.4 is 0 Å². The Morgan fingerprint density at radius 3 is 2.31 bits per heavy atom. The number of ether oxygens (including phenoxy) is 1. The number of hydrogen-bond acceptors (Lipinski definition) is 7. The molecule has 3 unspecified atom stereocenters. The van der Waals surface area contributed by atoms with E-state index >= 15 is 4.79 Å². The van der Waals surface area contributed by atoms with E-state index in [1.165, 1.54) is 0 Å². The number of morpholine rings is 1. The molecular formula is C37H45BrN4O5S. The molecule has 4 saturated heterocycles. The van der Waals surface area contributed by atoms with Gasteiger partial charge in [-0.2, -0.15) is 0 Å². The number of fused-ring (bicyclic) bond motifs is 1. The zero-order valence-corrected chi connectivity index (χ0v) is 29.6. The molecule has 2 aromatic rings. The summed E-state index contributed by atoms with van der Waals surface area (Å²) in [5, 5.41) is 10.7. The Labute approximate surface area is 296 Å². The van der Waals surface area contributed by atoms with Gasteiger partial charge < -0.3 is 24.5 Å². The maximum Gasteiger partial charge on any atom is 0.247 e. The molecule has 1 spiro atoms. The molecule has 4 aliphatic heterocycles. The lowest BCUT2D eigenvalue weighted by molar-refractivity contribution is -0.147. The lowest BCUT2D eigenvalue weighted by Crippen LogP contribution is -2.57. The third kappa shape index (κ3) is 6.52. The number of alkyl halides is 1. The lowest BCUT2D eigenvalue weighted by Gasteiger charge is -2.40. The van der Waals surface area contributed by atoms with Crippen LogP contribution in [0.4, 0.5) is 0 Å². The van der Waals surface area contributed by atoms with E-state index in [0.29, 0.717) is 52.4 Å². The van der Waals surface area contributed by atoms with E-state index in [4.69, 9.17) is 4.74 Å². The average Bonchev–Trinajstić information content (AvgIpc) is 3.71. The molecule has 0 aliphatic carbocycles. The van der Waals surface area contributed by atoms with Gasteiger partial charge in [0.15, 0.2) is 0 Å². The molecule has 9 nitrogen and oxygen atoms in total. The highest BCUT2D eigenvalue weighted by atomic mass is 79.9. The monoisotopic (exact) mass is 736 g/mol. The first-order valence-electron chi connectivity index (χ1n) is 16.8. The van der Waals surface area contributed by atoms with Gasteiger partial charge in [0.25, 0.3) is 0 Å². The second-order valence-electron chi connectivity index (χ2n) is 13.0. The van der Waals surface area contributed by atoms with Crippen molar-refractivity contribution in [3.8, 4) is 0 Å². The summed E-state index contributed by atoms with van der Waals surface area (Å²) in [6, 6.07) is 17.6. The van der Waals surface area contributed by atoms with Crippen LogP contribution in [0.15, 0.2) is 86.0 Å². The maximum absolute atomic E-state index is 15.0. The average molecular weight is 738 g/mol. The highest BCUT2D eigenvalue weighted by Crippen LogP contribution is 2.68. The standard InChI is InChI=1S/C37H45BrN4O5S/c1-3-15-40(18-17-39-19-21-47-22-20-39)36(46)33-37-23-28(38)32(48-37)30(34(44)41(16-4-2)24-26-11-7-5-8-12-26)31(37)35(45)42(33)29(25-43)27-13-9-6-10-14-27/h3-14,28-33,43H,1-2,15-25H2/t28?,29-,30-,31+,32-,33?,37?/m1/s1. The van der Waals surface area contributed by atoms with E-state index in [1.807, 2.05) is 60.7 Å². The van der Waals surface area contributed by atoms with Crippen molar-refractivity contribution in [2.75, 3.05) is 59.1 Å². The van der Waals surface area contributed by atoms with Gasteiger partial charge in [0.2, 0.25) is 17.7 Å². The minimum Gasteiger partial charge on any atom is -0.394 e. The van der Waals surface area contributed by atoms with E-state index in [1.54, 1.807) is 38.6 Å². The molecule has 4 heterocycles. The van der Waals surface area contributed by atoms with Gasteiger partial charge in [0, 0.05) is 55.9 Å². The topological polar surface area (TPSA) is 93.6 Å². The summed E-state index contributed by atoms with van der Waals surface area (Å²) < 4.78 is 4.68. The normalized spacial score (nSPS) is 28.6. The largest absolute Gasteiger partial charge is 0.394 e. The van der Waals surface area contributed by atoms with Crippen LogP contribution in [0.25, 0.3) is 0 Å². The number of aliphatic hydroxyl groups excluding tert-OH is 1. The van der Waals surface area contributed by atoms with Gasteiger partial charge in [-0.15, -0.1) is 24.9 Å². The summed E-state index contributed by atoms with van der Waals surface area (Å²) in [4.78, 5) is 52.1. The van der Waals surface area contributed by atoms with Crippen molar-refractivity contribution in [1.29, 1.82) is 0 Å². The number of halogens is 1. The Hall–Kier alpha value is -2.96. The van der Waals surface area contributed by atoms with Crippen molar-refractivity contribution >= 4 is 45.4 Å². The van der Waals surface area contributed by atoms with Crippen LogP contribution >= 0.6 is 27.7 Å². The minimum atomic E-state index is -0.869. The zero-order chi connectivity index (χ0) is 33.8. The van der Waals surface area contributed by atoms with E-state index in [9.17, 15) is 14.7 Å². The van der Waals surface area contributed by atoms with Crippen molar-refractivity contribution in [3.63, 3.8) is 0 Å². The Bertz CT molecular complexity index is 1480. The number of carbonyl (C=O) groups is 3. The van der Waals surface area contributed by atoms with Gasteiger partial charge in [-0.3, -0.25) is 19.3 Å². The highest BCUT2D eigenvalue weighted by molar-refractivity contribution is 9.09. The van der Waals surface area contributed by atoms with Gasteiger partial charge in [-0.25, -0.2) is 0 Å². The Morgan fingerprint density at radius 1 is 1.02 bits per heavy atom. The van der Waals surface area contributed by atoms with Crippen molar-refractivity contribution in [3.05, 3.63) is 97.1 Å². The molecular weight excluding hydrogens is 692 g/mol. The summed E-state index contributed by atoms with van der Waals surface area (Å²) in [6.45, 7) is 12.6. The van der Waals surface area contributed by atoms with E-state index in [0.717, 1.165) is 24.2 Å². The van der Waals surface area contributed by atoms with Crippen molar-refractivity contribution < 1.29 is 24.2 Å². The number of amides is 3. The van der Waals surface area contributed by atoms with Crippen LogP contribution in [0, 0.1) is 11.8 Å². The summed E-state index contributed by atoms with van der Waals surface area (Å²) in [5.74, 6) is -1.87. The van der Waals surface area contributed by atoms with Crippen molar-refractivity contribution in [2.45, 2.75) is 39.9 Å². The summed E-state index contributed by atoms with van der Waals surface area (Å²) >= 11 is 5.53. The molecule has 0 aromatic heterocycles. The third-order valence-corrected chi connectivity index (χ3v) is 13.5. The Morgan fingerprint density at radius 2 is 1.67 bits per heavy atom. The van der Waals surface area contributed by atoms with Crippen LogP contribution in [-0.2, 0) is 25.7 Å². The van der Waals surface area contributed by atoms with Crippen LogP contribution in [0.5, 0.6) is 0 Å². The second-order valence-corrected chi connectivity index (χ2v) is 15.8. The number of nitrogens with zero attached hydrogens (tertiary/aromatic N) is 4. The molecule has 48 heavy (non-hydrogen) atoms. The first-order chi connectivity index (χ1) is 23.3. The lowest BCUT2D eigenvalue weighted by atomic mass is 9.70. The second kappa shape index (κ2) is 15.3. The minimum absolute atomic E-state index is 0.0661. The molecule has 0 radical (unpaired) electrons. The number of benzene rings is 2. The molecule has 2 aromatic carbocycles. The molecule has 11 heteroatoms. The molecule has 3 amide bonds. The molecule has 4 aliphatic rings. The van der Waals surface area contributed by atoms with Crippen LogP contribution in [0.2, 0.25) is 0 Å². The number of likely N-dealkylation sites (tertiary alicyclic amines) is 1. The number of rotatable bonds is 14. The molecule has 7 atom stereocenters. The third-order valence-electron chi connectivity index (χ3n) is 10.3. The molecule has 2 bridgehead atoms. The smallest absolute Gasteiger partial charge is 0.247 e. The maximum atomic E-state index is 15.0. The van der Waals surface area contributed by atoms with Gasteiger partial charge in [0.05, 0.1) is 42.4 Å². The van der Waals surface area contributed by atoms with Crippen molar-refractivity contribution in [1.82, 2.24) is 19.6 Å². The van der Waals surface area contributed by atoms with Crippen LogP contribution in [-0.4, -0.2) is 122 Å². The predicted octanol–water partition coefficient (Wildman–Crippen LogP) is 3.75. The Kier molecular flexibility index (Phi) is 11.1. The summed E-state index contributed by atoms with van der Waals surface area (Å²) in [7, 11) is 0. The fourth-order valence-corrected chi connectivity index (χ4v) is 11.7. The molecule has 1 N–H and O–H groups in total. The first kappa shape index (κ1) is 34.9. The van der Waals surface area contributed by atoms with E-state index in [-0.39, 0.29) is 34.4 Å². The fraction of sp³-hybridized carbons (Fsp3) is 0.486. The van der Waals surface area contributed by atoms with E-state index in [2.05, 4.69) is 34.0 Å². The van der Waals surface area contributed by atoms with Crippen molar-refractivity contribution in [2.24, 2.45) is 11.8 Å². The first-order valence-corrected chi connectivity index (χ1v) is 18.6. The van der Waals surface area contributed by atoms with Crippen LogP contribution in [0.1, 0.15) is 23.6 Å². The summed E-state index contributed by atoms with van der Waals surface area (Å²) in [5.41, 5.74) is 1.74. The fourth-order valence-electron chi connectivity index (χ4n) is 8.10. The zero-order valence-electron chi connectivity index (χ0n) is 27.2. The number of thioether (sulfide) groups is 1. The predicted molar refractivity (Wildman–Crippen MR) is 191 cm³/mol. The molecule has 4 fully saturated rings. The van der Waals surface area contributed by atoms with Crippen LogP contribution in [0.3, 0.4) is 0 Å².